The number of nitrogens with zero attached hydrogens (tertiary/aromatic N) is 2. The van der Waals surface area contributed by atoms with E-state index in [9.17, 15) is 0 Å². The topological polar surface area (TPSA) is 78.6 Å². The average molecular weight is 380 g/mol. The maximum absolute atomic E-state index is 5.23. The number of aromatic amines is 2. The summed E-state index contributed by atoms with van der Waals surface area (Å²) in [6.45, 7) is 2.47. The third-order valence-corrected chi connectivity index (χ3v) is 3.99. The van der Waals surface area contributed by atoms with Crippen molar-refractivity contribution in [3.05, 3.63) is 38.8 Å². The lowest BCUT2D eigenvalue weighted by Gasteiger charge is -2.09. The Morgan fingerprint density at radius 1 is 1.32 bits per heavy atom. The smallest absolute Gasteiger partial charge is 0.176 e. The van der Waals surface area contributed by atoms with Crippen LogP contribution in [0.3, 0.4) is 0 Å². The number of fused-ring (bicyclic) bond motifs is 1. The monoisotopic (exact) mass is 379 g/mol. The van der Waals surface area contributed by atoms with E-state index < -0.39 is 0 Å². The van der Waals surface area contributed by atoms with Crippen molar-refractivity contribution in [3.63, 3.8) is 0 Å². The Hall–Kier alpha value is -1.93. The van der Waals surface area contributed by atoms with Crippen molar-refractivity contribution in [2.45, 2.75) is 13.5 Å². The molecular weight excluding hydrogens is 366 g/mol. The molecule has 2 heterocycles. The van der Waals surface area contributed by atoms with Gasteiger partial charge in [0.1, 0.15) is 17.1 Å². The molecule has 22 heavy (non-hydrogen) atoms. The highest BCUT2D eigenvalue weighted by atomic mass is 79.9. The molecule has 0 amide bonds. The normalized spacial score (nSPS) is 10.9. The lowest BCUT2D eigenvalue weighted by molar-refractivity contribution is 0.412. The van der Waals surface area contributed by atoms with Gasteiger partial charge in [-0.15, -0.1) is 0 Å². The van der Waals surface area contributed by atoms with Gasteiger partial charge in [-0.05, 0) is 52.8 Å². The van der Waals surface area contributed by atoms with E-state index in [0.29, 0.717) is 22.8 Å². The summed E-state index contributed by atoms with van der Waals surface area (Å²) in [6, 6.07) is 5.93. The minimum atomic E-state index is 0.533. The average Bonchev–Trinajstić information content (AvgIpc) is 2.85. The molecule has 3 aromatic rings. The van der Waals surface area contributed by atoms with Crippen molar-refractivity contribution in [1.82, 2.24) is 19.9 Å². The van der Waals surface area contributed by atoms with Gasteiger partial charge in [-0.25, -0.2) is 9.97 Å². The summed E-state index contributed by atoms with van der Waals surface area (Å²) in [6.07, 6.45) is 0. The van der Waals surface area contributed by atoms with E-state index in [0.717, 1.165) is 27.1 Å². The first-order valence-corrected chi connectivity index (χ1v) is 7.80. The molecule has 0 saturated carbocycles. The number of aromatic nitrogens is 4. The SMILES string of the molecule is COc1ccc(CNc2nc(C)nc3[nH]c(=S)[nH]c23)cc1Br. The van der Waals surface area contributed by atoms with Crippen LogP contribution in [0.5, 0.6) is 5.75 Å². The standard InChI is InChI=1S/C14H14BrN5OS/c1-7-17-12(11-13(18-7)20-14(22)19-11)16-6-8-3-4-10(21-2)9(15)5-8/h3-5H,6H2,1-2H3,(H3,16,17,18,19,20,22). The number of H-pyrrole nitrogens is 2. The molecule has 8 heteroatoms. The number of imidazole rings is 1. The first-order chi connectivity index (χ1) is 10.6. The van der Waals surface area contributed by atoms with Crippen molar-refractivity contribution in [2.24, 2.45) is 0 Å². The summed E-state index contributed by atoms with van der Waals surface area (Å²) in [5.74, 6) is 2.21. The van der Waals surface area contributed by atoms with E-state index >= 15 is 0 Å². The third-order valence-electron chi connectivity index (χ3n) is 3.17. The molecular formula is C14H14BrN5OS. The van der Waals surface area contributed by atoms with E-state index in [1.54, 1.807) is 7.11 Å². The quantitative estimate of drug-likeness (QED) is 0.602. The molecule has 0 atom stereocenters. The molecule has 1 aromatic carbocycles. The molecule has 0 aliphatic rings. The lowest BCUT2D eigenvalue weighted by atomic mass is 10.2. The van der Waals surface area contributed by atoms with Crippen LogP contribution < -0.4 is 10.1 Å². The molecule has 0 bridgehead atoms. The first kappa shape index (κ1) is 15.0. The summed E-state index contributed by atoms with van der Waals surface area (Å²) < 4.78 is 6.68. The fourth-order valence-electron chi connectivity index (χ4n) is 2.17. The highest BCUT2D eigenvalue weighted by molar-refractivity contribution is 9.10. The summed E-state index contributed by atoms with van der Waals surface area (Å²) in [5.41, 5.74) is 2.59. The van der Waals surface area contributed by atoms with Crippen LogP contribution in [-0.4, -0.2) is 27.0 Å². The van der Waals surface area contributed by atoms with E-state index in [1.807, 2.05) is 25.1 Å². The van der Waals surface area contributed by atoms with Gasteiger partial charge in [-0.1, -0.05) is 6.07 Å². The predicted molar refractivity (Wildman–Crippen MR) is 91.8 cm³/mol. The summed E-state index contributed by atoms with van der Waals surface area (Å²) in [7, 11) is 1.65. The number of ether oxygens (including phenoxy) is 1. The molecule has 0 fully saturated rings. The van der Waals surface area contributed by atoms with Crippen LogP contribution in [0.25, 0.3) is 11.2 Å². The van der Waals surface area contributed by atoms with Gasteiger partial charge in [0.2, 0.25) is 0 Å². The molecule has 0 unspecified atom stereocenters. The molecule has 0 aliphatic heterocycles. The molecule has 114 valence electrons. The Bertz CT molecular complexity index is 889. The molecule has 0 saturated heterocycles. The number of halogens is 1. The minimum absolute atomic E-state index is 0.533. The van der Waals surface area contributed by atoms with Crippen LogP contribution in [0.2, 0.25) is 0 Å². The summed E-state index contributed by atoms with van der Waals surface area (Å²) >= 11 is 8.60. The highest BCUT2D eigenvalue weighted by Crippen LogP contribution is 2.26. The second kappa shape index (κ2) is 6.05. The number of aryl methyl sites for hydroxylation is 1. The summed E-state index contributed by atoms with van der Waals surface area (Å²) in [5, 5.41) is 3.31. The zero-order chi connectivity index (χ0) is 15.7. The number of methoxy groups -OCH3 is 1. The number of anilines is 1. The van der Waals surface area contributed by atoms with Crippen molar-refractivity contribution in [3.8, 4) is 5.75 Å². The number of benzene rings is 1. The number of hydrogen-bond acceptors (Lipinski definition) is 5. The van der Waals surface area contributed by atoms with Gasteiger partial charge in [-0.2, -0.15) is 0 Å². The van der Waals surface area contributed by atoms with Gasteiger partial charge in [0.25, 0.3) is 0 Å². The van der Waals surface area contributed by atoms with E-state index in [4.69, 9.17) is 17.0 Å². The predicted octanol–water partition coefficient (Wildman–Crippen LogP) is 3.71. The van der Waals surface area contributed by atoms with Crippen LogP contribution in [-0.2, 0) is 6.54 Å². The number of hydrogen-bond donors (Lipinski definition) is 3. The van der Waals surface area contributed by atoms with Crippen molar-refractivity contribution in [2.75, 3.05) is 12.4 Å². The Morgan fingerprint density at radius 2 is 2.14 bits per heavy atom. The van der Waals surface area contributed by atoms with Gasteiger partial charge in [0, 0.05) is 6.54 Å². The molecule has 6 nitrogen and oxygen atoms in total. The Kier molecular flexibility index (Phi) is 4.12. The Labute approximate surface area is 140 Å². The third kappa shape index (κ3) is 2.97. The van der Waals surface area contributed by atoms with Gasteiger partial charge in [0.05, 0.1) is 11.6 Å². The van der Waals surface area contributed by atoms with E-state index in [-0.39, 0.29) is 0 Å². The van der Waals surface area contributed by atoms with Gasteiger partial charge < -0.3 is 20.0 Å². The van der Waals surface area contributed by atoms with Crippen molar-refractivity contribution < 1.29 is 4.74 Å². The maximum atomic E-state index is 5.23. The van der Waals surface area contributed by atoms with Gasteiger partial charge in [0.15, 0.2) is 16.2 Å². The van der Waals surface area contributed by atoms with Crippen LogP contribution in [0.1, 0.15) is 11.4 Å². The fraction of sp³-hybridized carbons (Fsp3) is 0.214. The molecule has 2 aromatic heterocycles. The minimum Gasteiger partial charge on any atom is -0.496 e. The number of rotatable bonds is 4. The van der Waals surface area contributed by atoms with Crippen LogP contribution in [0, 0.1) is 11.7 Å². The zero-order valence-corrected chi connectivity index (χ0v) is 14.4. The lowest BCUT2D eigenvalue weighted by Crippen LogP contribution is -2.04. The van der Waals surface area contributed by atoms with Crippen LogP contribution in [0.15, 0.2) is 22.7 Å². The van der Waals surface area contributed by atoms with Gasteiger partial charge in [-0.3, -0.25) is 0 Å². The fourth-order valence-corrected chi connectivity index (χ4v) is 2.95. The molecule has 3 N–H and O–H groups in total. The van der Waals surface area contributed by atoms with Crippen LogP contribution >= 0.6 is 28.1 Å². The van der Waals surface area contributed by atoms with Gasteiger partial charge >= 0.3 is 0 Å². The van der Waals surface area contributed by atoms with Crippen molar-refractivity contribution in [1.29, 1.82) is 0 Å². The maximum Gasteiger partial charge on any atom is 0.176 e. The second-order valence-corrected chi connectivity index (χ2v) is 6.01. The van der Waals surface area contributed by atoms with Crippen molar-refractivity contribution >= 4 is 45.1 Å². The summed E-state index contributed by atoms with van der Waals surface area (Å²) in [4.78, 5) is 14.8. The molecule has 0 radical (unpaired) electrons. The second-order valence-electron chi connectivity index (χ2n) is 4.74. The zero-order valence-electron chi connectivity index (χ0n) is 12.0. The Balaban J connectivity index is 1.87. The molecule has 0 aliphatic carbocycles. The highest BCUT2D eigenvalue weighted by Gasteiger charge is 2.08. The van der Waals surface area contributed by atoms with E-state index in [2.05, 4.69) is 41.2 Å². The van der Waals surface area contributed by atoms with Crippen LogP contribution in [0.4, 0.5) is 5.82 Å². The van der Waals surface area contributed by atoms with E-state index in [1.165, 1.54) is 0 Å². The molecule has 3 rings (SSSR count). The molecule has 0 spiro atoms. The largest absolute Gasteiger partial charge is 0.496 e. The Morgan fingerprint density at radius 3 is 2.86 bits per heavy atom. The first-order valence-electron chi connectivity index (χ1n) is 6.60. The number of nitrogens with one attached hydrogen (secondary N) is 3.